The number of likely N-dealkylation sites (tertiary alicyclic amines) is 1. The summed E-state index contributed by atoms with van der Waals surface area (Å²) in [6.07, 6.45) is 1.67. The third-order valence-electron chi connectivity index (χ3n) is 3.34. The Balaban J connectivity index is 2.18. The van der Waals surface area contributed by atoms with Gasteiger partial charge in [-0.05, 0) is 18.9 Å². The van der Waals surface area contributed by atoms with Gasteiger partial charge >= 0.3 is 5.97 Å². The highest BCUT2D eigenvalue weighted by Gasteiger charge is 2.30. The molecule has 0 saturated carbocycles. The minimum absolute atomic E-state index is 0.123. The van der Waals surface area contributed by atoms with E-state index in [2.05, 4.69) is 0 Å². The second-order valence-electron chi connectivity index (χ2n) is 4.63. The van der Waals surface area contributed by atoms with Crippen LogP contribution in [-0.2, 0) is 14.3 Å². The second kappa shape index (κ2) is 6.36. The molecule has 0 unspecified atom stereocenters. The molecule has 19 heavy (non-hydrogen) atoms. The molecule has 0 aliphatic carbocycles. The number of nitrogens with zero attached hydrogens (tertiary/aromatic N) is 1. The fraction of sp³-hybridized carbons (Fsp3) is 0.467. The maximum atomic E-state index is 11.9. The van der Waals surface area contributed by atoms with Gasteiger partial charge in [-0.2, -0.15) is 0 Å². The normalized spacial score (nSPS) is 16.5. The third-order valence-corrected chi connectivity index (χ3v) is 3.34. The molecule has 4 nitrogen and oxygen atoms in total. The summed E-state index contributed by atoms with van der Waals surface area (Å²) in [7, 11) is 0. The zero-order valence-corrected chi connectivity index (χ0v) is 11.2. The first-order chi connectivity index (χ1) is 9.22. The van der Waals surface area contributed by atoms with E-state index in [1.54, 1.807) is 11.8 Å². The van der Waals surface area contributed by atoms with E-state index in [1.807, 2.05) is 30.3 Å². The zero-order valence-electron chi connectivity index (χ0n) is 11.2. The van der Waals surface area contributed by atoms with Crippen molar-refractivity contribution in [2.24, 2.45) is 0 Å². The highest BCUT2D eigenvalue weighted by atomic mass is 16.5. The predicted molar refractivity (Wildman–Crippen MR) is 71.4 cm³/mol. The summed E-state index contributed by atoms with van der Waals surface area (Å²) in [5.74, 6) is -0.130. The number of benzene rings is 1. The van der Waals surface area contributed by atoms with Crippen LogP contribution in [0, 0.1) is 0 Å². The Hall–Kier alpha value is -1.84. The number of amides is 1. The van der Waals surface area contributed by atoms with Crippen LogP contribution in [0.5, 0.6) is 0 Å². The lowest BCUT2D eigenvalue weighted by Gasteiger charge is -2.27. The minimum Gasteiger partial charge on any atom is -0.466 e. The lowest BCUT2D eigenvalue weighted by molar-refractivity contribution is -0.145. The Morgan fingerprint density at radius 2 is 2.11 bits per heavy atom. The van der Waals surface area contributed by atoms with Crippen molar-refractivity contribution in [2.45, 2.75) is 32.2 Å². The lowest BCUT2D eigenvalue weighted by atomic mass is 10.0. The highest BCUT2D eigenvalue weighted by Crippen LogP contribution is 2.29. The Labute approximate surface area is 113 Å². The van der Waals surface area contributed by atoms with E-state index >= 15 is 0 Å². The number of carbonyl (C=O) groups is 2. The minimum atomic E-state index is -0.254. The monoisotopic (exact) mass is 261 g/mol. The molecule has 0 bridgehead atoms. The van der Waals surface area contributed by atoms with Gasteiger partial charge < -0.3 is 9.64 Å². The molecule has 1 saturated heterocycles. The quantitative estimate of drug-likeness (QED) is 0.764. The van der Waals surface area contributed by atoms with Gasteiger partial charge in [0.25, 0.3) is 0 Å². The topological polar surface area (TPSA) is 46.6 Å². The molecule has 1 amide bonds. The van der Waals surface area contributed by atoms with Gasteiger partial charge in [0.15, 0.2) is 0 Å². The molecule has 0 N–H and O–H groups in total. The first-order valence-corrected chi connectivity index (χ1v) is 6.72. The molecule has 1 atom stereocenters. The number of carbonyl (C=O) groups excluding carboxylic acids is 2. The van der Waals surface area contributed by atoms with Crippen LogP contribution < -0.4 is 0 Å². The van der Waals surface area contributed by atoms with Gasteiger partial charge in [-0.3, -0.25) is 9.59 Å². The number of hydrogen-bond acceptors (Lipinski definition) is 3. The predicted octanol–water partition coefficient (Wildman–Crippen LogP) is 2.30. The Kier molecular flexibility index (Phi) is 4.55. The first-order valence-electron chi connectivity index (χ1n) is 6.72. The molecule has 1 aromatic rings. The van der Waals surface area contributed by atoms with Gasteiger partial charge in [0, 0.05) is 13.0 Å². The molecular weight excluding hydrogens is 242 g/mol. The van der Waals surface area contributed by atoms with Crippen molar-refractivity contribution in [3.8, 4) is 0 Å². The summed E-state index contributed by atoms with van der Waals surface area (Å²) in [5.41, 5.74) is 0.991. The SMILES string of the molecule is CCOC(=O)C[C@@H](c1ccccc1)N1CCCC1=O. The molecule has 4 heteroatoms. The lowest BCUT2D eigenvalue weighted by Crippen LogP contribution is -2.31. The summed E-state index contributed by atoms with van der Waals surface area (Å²) in [6, 6.07) is 9.49. The molecule has 0 spiro atoms. The van der Waals surface area contributed by atoms with Crippen LogP contribution in [0.15, 0.2) is 30.3 Å². The molecule has 1 fully saturated rings. The average molecular weight is 261 g/mol. The molecule has 1 aromatic carbocycles. The van der Waals surface area contributed by atoms with Gasteiger partial charge in [-0.15, -0.1) is 0 Å². The van der Waals surface area contributed by atoms with Gasteiger partial charge in [0.05, 0.1) is 19.1 Å². The zero-order chi connectivity index (χ0) is 13.7. The van der Waals surface area contributed by atoms with Crippen LogP contribution in [0.25, 0.3) is 0 Å². The molecular formula is C15H19NO3. The van der Waals surface area contributed by atoms with Crippen LogP contribution in [0.1, 0.15) is 37.8 Å². The number of hydrogen-bond donors (Lipinski definition) is 0. The van der Waals surface area contributed by atoms with Gasteiger partial charge in [0.1, 0.15) is 0 Å². The third kappa shape index (κ3) is 3.34. The fourth-order valence-electron chi connectivity index (χ4n) is 2.46. The molecule has 1 aliphatic heterocycles. The Morgan fingerprint density at radius 3 is 2.68 bits per heavy atom. The molecule has 0 aromatic heterocycles. The van der Waals surface area contributed by atoms with Crippen molar-refractivity contribution < 1.29 is 14.3 Å². The van der Waals surface area contributed by atoms with Crippen LogP contribution in [0.3, 0.4) is 0 Å². The number of rotatable bonds is 5. The standard InChI is InChI=1S/C15H19NO3/c1-2-19-15(18)11-13(12-7-4-3-5-8-12)16-10-6-9-14(16)17/h3-5,7-8,13H,2,6,9-11H2,1H3/t13-/m0/s1. The van der Waals surface area contributed by atoms with E-state index in [4.69, 9.17) is 4.74 Å². The smallest absolute Gasteiger partial charge is 0.308 e. The van der Waals surface area contributed by atoms with E-state index in [1.165, 1.54) is 0 Å². The van der Waals surface area contributed by atoms with Crippen molar-refractivity contribution in [3.63, 3.8) is 0 Å². The maximum Gasteiger partial charge on any atom is 0.308 e. The van der Waals surface area contributed by atoms with E-state index in [9.17, 15) is 9.59 Å². The molecule has 1 heterocycles. The Morgan fingerprint density at radius 1 is 1.37 bits per heavy atom. The maximum absolute atomic E-state index is 11.9. The van der Waals surface area contributed by atoms with Crippen LogP contribution in [-0.4, -0.2) is 29.9 Å². The van der Waals surface area contributed by atoms with E-state index in [0.717, 1.165) is 18.5 Å². The highest BCUT2D eigenvalue weighted by molar-refractivity contribution is 5.80. The molecule has 102 valence electrons. The van der Waals surface area contributed by atoms with Crippen molar-refractivity contribution in [1.29, 1.82) is 0 Å². The summed E-state index contributed by atoms with van der Waals surface area (Å²) in [4.78, 5) is 25.4. The van der Waals surface area contributed by atoms with E-state index in [-0.39, 0.29) is 24.3 Å². The molecule has 0 radical (unpaired) electrons. The summed E-state index contributed by atoms with van der Waals surface area (Å²) < 4.78 is 5.01. The second-order valence-corrected chi connectivity index (χ2v) is 4.63. The van der Waals surface area contributed by atoms with Gasteiger partial charge in [0.2, 0.25) is 5.91 Å². The van der Waals surface area contributed by atoms with Gasteiger partial charge in [-0.25, -0.2) is 0 Å². The average Bonchev–Trinajstić information content (AvgIpc) is 2.83. The van der Waals surface area contributed by atoms with E-state index < -0.39 is 0 Å². The molecule has 1 aliphatic rings. The fourth-order valence-corrected chi connectivity index (χ4v) is 2.46. The number of ether oxygens (including phenoxy) is 1. The van der Waals surface area contributed by atoms with Crippen LogP contribution >= 0.6 is 0 Å². The van der Waals surface area contributed by atoms with E-state index in [0.29, 0.717) is 13.0 Å². The number of esters is 1. The van der Waals surface area contributed by atoms with Crippen LogP contribution in [0.2, 0.25) is 0 Å². The Bertz CT molecular complexity index is 444. The summed E-state index contributed by atoms with van der Waals surface area (Å²) in [5, 5.41) is 0. The summed E-state index contributed by atoms with van der Waals surface area (Å²) >= 11 is 0. The molecule has 2 rings (SSSR count). The van der Waals surface area contributed by atoms with Crippen molar-refractivity contribution >= 4 is 11.9 Å². The van der Waals surface area contributed by atoms with Crippen molar-refractivity contribution in [1.82, 2.24) is 4.90 Å². The van der Waals surface area contributed by atoms with Crippen molar-refractivity contribution in [2.75, 3.05) is 13.2 Å². The largest absolute Gasteiger partial charge is 0.466 e. The van der Waals surface area contributed by atoms with Gasteiger partial charge in [-0.1, -0.05) is 30.3 Å². The first kappa shape index (κ1) is 13.6. The van der Waals surface area contributed by atoms with Crippen LogP contribution in [0.4, 0.5) is 0 Å². The van der Waals surface area contributed by atoms with Crippen molar-refractivity contribution in [3.05, 3.63) is 35.9 Å². The summed E-state index contributed by atoms with van der Waals surface area (Å²) in [6.45, 7) is 2.88.